The van der Waals surface area contributed by atoms with Gasteiger partial charge in [0.1, 0.15) is 6.04 Å². The van der Waals surface area contributed by atoms with Crippen LogP contribution in [-0.4, -0.2) is 30.1 Å². The number of aryl methyl sites for hydroxylation is 2. The maximum atomic E-state index is 12.8. The van der Waals surface area contributed by atoms with Crippen LogP contribution >= 0.6 is 0 Å². The molecule has 7 nitrogen and oxygen atoms in total. The molecule has 2 aromatic carbocycles. The Kier molecular flexibility index (Phi) is 6.04. The van der Waals surface area contributed by atoms with Crippen LogP contribution in [0.1, 0.15) is 25.1 Å². The molecule has 1 unspecified atom stereocenters. The highest BCUT2D eigenvalue weighted by molar-refractivity contribution is 7.89. The number of hydrogen-bond acceptors (Lipinski definition) is 4. The predicted octanol–water partition coefficient (Wildman–Crippen LogP) is 2.50. The third-order valence-corrected chi connectivity index (χ3v) is 6.28. The van der Waals surface area contributed by atoms with E-state index in [-0.39, 0.29) is 23.3 Å². The number of aromatic nitrogens is 2. The first-order valence-corrected chi connectivity index (χ1v) is 10.9. The van der Waals surface area contributed by atoms with Gasteiger partial charge in [-0.2, -0.15) is 9.82 Å². The van der Waals surface area contributed by atoms with Gasteiger partial charge in [0.05, 0.1) is 22.7 Å². The number of sulfonamides is 1. The quantitative estimate of drug-likeness (QED) is 0.621. The molecule has 0 fully saturated rings. The number of nitrogens with zero attached hydrogens (tertiary/aromatic N) is 2. The third kappa shape index (κ3) is 4.65. The number of hydrogen-bond donors (Lipinski definition) is 2. The normalized spacial score (nSPS) is 13.0. The highest BCUT2D eigenvalue weighted by Gasteiger charge is 2.28. The smallest absolute Gasteiger partial charge is 0.241 e. The monoisotopic (exact) mass is 414 g/mol. The van der Waals surface area contributed by atoms with Crippen molar-refractivity contribution in [3.8, 4) is 0 Å². The van der Waals surface area contributed by atoms with E-state index < -0.39 is 16.1 Å². The van der Waals surface area contributed by atoms with Gasteiger partial charge in [0.2, 0.25) is 15.9 Å². The van der Waals surface area contributed by atoms with Gasteiger partial charge in [0.15, 0.2) is 0 Å². The summed E-state index contributed by atoms with van der Waals surface area (Å²) in [7, 11) is -1.96. The molecule has 0 spiro atoms. The summed E-state index contributed by atoms with van der Waals surface area (Å²) in [5, 5.41) is 8.24. The Labute approximate surface area is 171 Å². The zero-order valence-electron chi connectivity index (χ0n) is 17.0. The molecule has 1 heterocycles. The van der Waals surface area contributed by atoms with Crippen LogP contribution in [0.4, 0.5) is 0 Å². The van der Waals surface area contributed by atoms with E-state index in [9.17, 15) is 13.2 Å². The number of rotatable bonds is 7. The van der Waals surface area contributed by atoms with E-state index in [1.54, 1.807) is 30.7 Å². The van der Waals surface area contributed by atoms with E-state index >= 15 is 0 Å². The zero-order chi connectivity index (χ0) is 21.2. The lowest BCUT2D eigenvalue weighted by Gasteiger charge is -2.21. The molecule has 1 aromatic heterocycles. The van der Waals surface area contributed by atoms with Crippen molar-refractivity contribution in [2.24, 2.45) is 13.0 Å². The molecule has 3 aromatic rings. The molecule has 0 aliphatic carbocycles. The second kappa shape index (κ2) is 8.34. The van der Waals surface area contributed by atoms with Crippen LogP contribution in [0, 0.1) is 12.8 Å². The molecule has 3 rings (SSSR count). The molecule has 1 atom stereocenters. The van der Waals surface area contributed by atoms with E-state index in [1.165, 1.54) is 12.1 Å². The summed E-state index contributed by atoms with van der Waals surface area (Å²) in [6.07, 6.45) is 0. The van der Waals surface area contributed by atoms with Gasteiger partial charge in [-0.05, 0) is 31.0 Å². The Balaban J connectivity index is 1.75. The van der Waals surface area contributed by atoms with Crippen molar-refractivity contribution < 1.29 is 13.2 Å². The minimum Gasteiger partial charge on any atom is -0.349 e. The van der Waals surface area contributed by atoms with Crippen LogP contribution in [0.5, 0.6) is 0 Å². The summed E-state index contributed by atoms with van der Waals surface area (Å²) in [5.41, 5.74) is 2.67. The molecule has 8 heteroatoms. The van der Waals surface area contributed by atoms with Gasteiger partial charge in [0, 0.05) is 12.4 Å². The number of carbonyl (C=O) groups excluding carboxylic acids is 1. The van der Waals surface area contributed by atoms with Gasteiger partial charge >= 0.3 is 0 Å². The van der Waals surface area contributed by atoms with Crippen LogP contribution in [0.15, 0.2) is 53.4 Å². The Morgan fingerprint density at radius 1 is 1.10 bits per heavy atom. The summed E-state index contributed by atoms with van der Waals surface area (Å²) >= 11 is 0. The molecule has 0 aliphatic rings. The van der Waals surface area contributed by atoms with Crippen molar-refractivity contribution in [2.45, 2.75) is 38.3 Å². The van der Waals surface area contributed by atoms with Crippen molar-refractivity contribution in [3.63, 3.8) is 0 Å². The van der Waals surface area contributed by atoms with Crippen molar-refractivity contribution in [1.82, 2.24) is 19.8 Å². The number of amides is 1. The fourth-order valence-electron chi connectivity index (χ4n) is 3.14. The van der Waals surface area contributed by atoms with Crippen LogP contribution in [-0.2, 0) is 28.4 Å². The first-order valence-electron chi connectivity index (χ1n) is 9.46. The molecule has 0 aliphatic heterocycles. The maximum Gasteiger partial charge on any atom is 0.241 e. The Hall–Kier alpha value is -2.71. The Bertz CT molecular complexity index is 1120. The molecule has 1 amide bonds. The van der Waals surface area contributed by atoms with E-state index in [2.05, 4.69) is 15.1 Å². The Morgan fingerprint density at radius 3 is 2.41 bits per heavy atom. The van der Waals surface area contributed by atoms with E-state index in [0.717, 1.165) is 22.2 Å². The van der Waals surface area contributed by atoms with Gasteiger partial charge in [-0.1, -0.05) is 49.7 Å². The van der Waals surface area contributed by atoms with Gasteiger partial charge in [-0.15, -0.1) is 0 Å². The highest BCUT2D eigenvalue weighted by atomic mass is 32.2. The lowest BCUT2D eigenvalue weighted by atomic mass is 10.0. The minimum atomic E-state index is -3.81. The zero-order valence-corrected chi connectivity index (χ0v) is 17.8. The molecule has 0 bridgehead atoms. The molecule has 2 N–H and O–H groups in total. The standard InChI is InChI=1S/C21H26N4O3S/c1-14(2)20(24-29(27,28)16-11-9-15(3)10-12-16)21(26)22-13-18-17-7-5-6-8-19(17)25(4)23-18/h5-12,14,20,24H,13H2,1-4H3,(H,22,26). The average molecular weight is 415 g/mol. The number of nitrogens with one attached hydrogen (secondary N) is 2. The SMILES string of the molecule is Cc1ccc(S(=O)(=O)NC(C(=O)NCc2nn(C)c3ccccc23)C(C)C)cc1. The Morgan fingerprint density at radius 2 is 1.76 bits per heavy atom. The molecular weight excluding hydrogens is 388 g/mol. The van der Waals surface area contributed by atoms with Crippen LogP contribution < -0.4 is 10.0 Å². The average Bonchev–Trinajstić information content (AvgIpc) is 3.00. The summed E-state index contributed by atoms with van der Waals surface area (Å²) in [6.45, 7) is 5.71. The first-order chi connectivity index (χ1) is 13.7. The summed E-state index contributed by atoms with van der Waals surface area (Å²) in [6, 6.07) is 13.4. The lowest BCUT2D eigenvalue weighted by Crippen LogP contribution is -2.49. The van der Waals surface area contributed by atoms with Crippen molar-refractivity contribution in [2.75, 3.05) is 0 Å². The second-order valence-electron chi connectivity index (χ2n) is 7.46. The van der Waals surface area contributed by atoms with Gasteiger partial charge in [-0.3, -0.25) is 9.48 Å². The molecule has 0 radical (unpaired) electrons. The fourth-order valence-corrected chi connectivity index (χ4v) is 4.49. The summed E-state index contributed by atoms with van der Waals surface area (Å²) < 4.78 is 29.7. The number of benzene rings is 2. The van der Waals surface area contributed by atoms with Gasteiger partial charge in [-0.25, -0.2) is 8.42 Å². The van der Waals surface area contributed by atoms with E-state index in [4.69, 9.17) is 0 Å². The van der Waals surface area contributed by atoms with Gasteiger partial charge in [0.25, 0.3) is 0 Å². The molecule has 0 saturated heterocycles. The van der Waals surface area contributed by atoms with Crippen molar-refractivity contribution in [3.05, 3.63) is 59.8 Å². The summed E-state index contributed by atoms with van der Waals surface area (Å²) in [4.78, 5) is 12.9. The molecule has 29 heavy (non-hydrogen) atoms. The van der Waals surface area contributed by atoms with Crippen molar-refractivity contribution >= 4 is 26.8 Å². The summed E-state index contributed by atoms with van der Waals surface area (Å²) in [5.74, 6) is -0.610. The van der Waals surface area contributed by atoms with Crippen LogP contribution in [0.2, 0.25) is 0 Å². The van der Waals surface area contributed by atoms with Crippen molar-refractivity contribution in [1.29, 1.82) is 0 Å². The second-order valence-corrected chi connectivity index (χ2v) is 9.18. The third-order valence-electron chi connectivity index (χ3n) is 4.83. The highest BCUT2D eigenvalue weighted by Crippen LogP contribution is 2.18. The minimum absolute atomic E-state index is 0.136. The van der Waals surface area contributed by atoms with Crippen LogP contribution in [0.25, 0.3) is 10.9 Å². The molecule has 154 valence electrons. The topological polar surface area (TPSA) is 93.1 Å². The number of carbonyl (C=O) groups is 1. The molecular formula is C21H26N4O3S. The maximum absolute atomic E-state index is 12.8. The fraction of sp³-hybridized carbons (Fsp3) is 0.333. The van der Waals surface area contributed by atoms with E-state index in [0.29, 0.717) is 0 Å². The van der Waals surface area contributed by atoms with Crippen LogP contribution in [0.3, 0.4) is 0 Å². The number of fused-ring (bicyclic) bond motifs is 1. The molecule has 0 saturated carbocycles. The largest absolute Gasteiger partial charge is 0.349 e. The lowest BCUT2D eigenvalue weighted by molar-refractivity contribution is -0.123. The first kappa shape index (κ1) is 21.0. The van der Waals surface area contributed by atoms with E-state index in [1.807, 2.05) is 38.2 Å². The predicted molar refractivity (Wildman–Crippen MR) is 113 cm³/mol. The number of para-hydroxylation sites is 1. The van der Waals surface area contributed by atoms with Gasteiger partial charge < -0.3 is 5.32 Å².